The van der Waals surface area contributed by atoms with Crippen molar-refractivity contribution in [1.29, 1.82) is 0 Å². The van der Waals surface area contributed by atoms with Gasteiger partial charge in [-0.15, -0.1) is 0 Å². The van der Waals surface area contributed by atoms with Crippen LogP contribution in [0, 0.1) is 0 Å². The van der Waals surface area contributed by atoms with Crippen LogP contribution in [0.3, 0.4) is 0 Å². The van der Waals surface area contributed by atoms with Crippen molar-refractivity contribution in [2.75, 3.05) is 0 Å². The molecule has 0 atom stereocenters. The number of hydrogen-bond donors (Lipinski definition) is 0. The van der Waals surface area contributed by atoms with Crippen LogP contribution >= 0.6 is 0 Å². The Morgan fingerprint density at radius 3 is 0.929 bits per heavy atom. The van der Waals surface area contributed by atoms with E-state index in [0.717, 1.165) is 24.3 Å². The van der Waals surface area contributed by atoms with Crippen molar-refractivity contribution in [1.82, 2.24) is 0 Å². The molecular weight excluding hydrogens is 358 g/mol. The number of carboxylic acid groups (broad SMARTS) is 2. The molecule has 2 aromatic rings. The zero-order chi connectivity index (χ0) is 18.9. The van der Waals surface area contributed by atoms with Crippen molar-refractivity contribution in [3.05, 3.63) is 76.3 Å². The van der Waals surface area contributed by atoms with Gasteiger partial charge in [0.05, 0.1) is 11.9 Å². The average molecular weight is 362 g/mol. The third kappa shape index (κ3) is 2.70. The second-order valence-electron chi connectivity index (χ2n) is 5.78. The quantitative estimate of drug-likeness (QED) is 0.194. The van der Waals surface area contributed by atoms with Gasteiger partial charge in [-0.3, -0.25) is 19.2 Å². The summed E-state index contributed by atoms with van der Waals surface area (Å²) in [5.74, 6) is -3.37. The second kappa shape index (κ2) is 7.01. The van der Waals surface area contributed by atoms with Crippen LogP contribution in [0.4, 0.5) is 0 Å². The Balaban J connectivity index is 0.00000140. The van der Waals surface area contributed by atoms with Gasteiger partial charge < -0.3 is 19.8 Å². The SMILES string of the molecule is O=C([O-])c1cc2c3c(c1)c(=O)c(=O)c1cc(C(=O)[O-])cc(c1-3)c(=O)c2=O.[Li+].[Li+]. The number of aromatic carboxylic acids is 2. The van der Waals surface area contributed by atoms with Crippen LogP contribution in [0.1, 0.15) is 20.7 Å². The Bertz CT molecular complexity index is 1260. The number of hydrogen-bond acceptors (Lipinski definition) is 8. The summed E-state index contributed by atoms with van der Waals surface area (Å²) in [5, 5.41) is 20.9. The summed E-state index contributed by atoms with van der Waals surface area (Å²) in [5.41, 5.74) is -5.61. The van der Waals surface area contributed by atoms with Crippen molar-refractivity contribution in [2.24, 2.45) is 0 Å². The van der Waals surface area contributed by atoms with Crippen molar-refractivity contribution in [3.8, 4) is 11.1 Å². The van der Waals surface area contributed by atoms with Gasteiger partial charge in [0, 0.05) is 32.7 Å². The minimum Gasteiger partial charge on any atom is -0.545 e. The fraction of sp³-hybridized carbons (Fsp3) is 0. The number of carbonyl (C=O) groups is 2. The van der Waals surface area contributed by atoms with E-state index in [1.165, 1.54) is 0 Å². The molecule has 2 aromatic carbocycles. The molecule has 0 radical (unpaired) electrons. The second-order valence-corrected chi connectivity index (χ2v) is 5.78. The normalized spacial score (nSPS) is 10.7. The van der Waals surface area contributed by atoms with Gasteiger partial charge in [-0.1, -0.05) is 0 Å². The minimum absolute atomic E-state index is 0. The van der Waals surface area contributed by atoms with Gasteiger partial charge in [-0.25, -0.2) is 0 Å². The molecule has 126 valence electrons. The first-order valence-electron chi connectivity index (χ1n) is 7.19. The standard InChI is InChI=1S/C18H6O8.2Li/c19-13-7-1-5(17(23)24)2-8-11(7)12-9(14(13)20)3-6(18(25)26)4-10(12)16(22)15(8)21;;/h1-4H,(H,23,24)(H,25,26);;/q;2*+1/p-2. The summed E-state index contributed by atoms with van der Waals surface area (Å²) in [6.45, 7) is 0. The third-order valence-electron chi connectivity index (χ3n) is 4.39. The van der Waals surface area contributed by atoms with Crippen LogP contribution < -0.4 is 69.6 Å². The maximum Gasteiger partial charge on any atom is 1.00 e. The topological polar surface area (TPSA) is 149 Å². The molecule has 10 heteroatoms. The first kappa shape index (κ1) is 21.6. The molecule has 2 aliphatic carbocycles. The largest absolute Gasteiger partial charge is 1.00 e. The fourth-order valence-corrected chi connectivity index (χ4v) is 3.26. The molecule has 8 nitrogen and oxygen atoms in total. The van der Waals surface area contributed by atoms with Crippen molar-refractivity contribution in [2.45, 2.75) is 0 Å². The molecule has 4 rings (SSSR count). The molecule has 0 aromatic heterocycles. The fourth-order valence-electron chi connectivity index (χ4n) is 3.26. The summed E-state index contributed by atoms with van der Waals surface area (Å²) in [6, 6.07) is 3.60. The van der Waals surface area contributed by atoms with Crippen LogP contribution in [0.25, 0.3) is 32.7 Å². The molecule has 0 aliphatic heterocycles. The molecule has 2 aliphatic rings. The minimum atomic E-state index is -1.69. The molecule has 0 amide bonds. The maximum atomic E-state index is 12.4. The molecule has 0 heterocycles. The number of benzene rings is 4. The summed E-state index contributed by atoms with van der Waals surface area (Å²) >= 11 is 0. The summed E-state index contributed by atoms with van der Waals surface area (Å²) in [7, 11) is 0. The zero-order valence-corrected chi connectivity index (χ0v) is 14.6. The van der Waals surface area contributed by atoms with E-state index in [-0.39, 0.29) is 70.4 Å². The Morgan fingerprint density at radius 1 is 0.536 bits per heavy atom. The molecule has 0 spiro atoms. The number of carbonyl (C=O) groups excluding carboxylic acids is 2. The van der Waals surface area contributed by atoms with Crippen LogP contribution in [0.5, 0.6) is 0 Å². The zero-order valence-electron chi connectivity index (χ0n) is 14.6. The summed E-state index contributed by atoms with van der Waals surface area (Å²) < 4.78 is 0. The number of carboxylic acids is 2. The van der Waals surface area contributed by atoms with Crippen molar-refractivity contribution >= 4 is 33.5 Å². The maximum absolute atomic E-state index is 12.4. The molecule has 0 saturated carbocycles. The van der Waals surface area contributed by atoms with Crippen molar-refractivity contribution in [3.63, 3.8) is 0 Å². The van der Waals surface area contributed by atoms with Crippen LogP contribution in [-0.2, 0) is 0 Å². The molecule has 0 N–H and O–H groups in total. The predicted octanol–water partition coefficient (Wildman–Crippen LogP) is -8.41. The van der Waals surface area contributed by atoms with E-state index in [4.69, 9.17) is 0 Å². The predicted molar refractivity (Wildman–Crippen MR) is 85.4 cm³/mol. The van der Waals surface area contributed by atoms with Gasteiger partial charge in [-0.05, 0) is 35.4 Å². The Labute approximate surface area is 178 Å². The van der Waals surface area contributed by atoms with Crippen LogP contribution in [-0.4, -0.2) is 11.9 Å². The van der Waals surface area contributed by atoms with E-state index >= 15 is 0 Å². The van der Waals surface area contributed by atoms with Gasteiger partial charge in [0.1, 0.15) is 0 Å². The molecule has 0 fully saturated rings. The molecule has 0 bridgehead atoms. The van der Waals surface area contributed by atoms with E-state index in [0.29, 0.717) is 0 Å². The van der Waals surface area contributed by atoms with E-state index in [1.807, 2.05) is 0 Å². The third-order valence-corrected chi connectivity index (χ3v) is 4.39. The smallest absolute Gasteiger partial charge is 0.545 e. The van der Waals surface area contributed by atoms with Gasteiger partial charge in [0.25, 0.3) is 0 Å². The monoisotopic (exact) mass is 362 g/mol. The Kier molecular flexibility index (Phi) is 5.40. The van der Waals surface area contributed by atoms with Crippen LogP contribution in [0.2, 0.25) is 0 Å². The van der Waals surface area contributed by atoms with Crippen LogP contribution in [0.15, 0.2) is 43.4 Å². The van der Waals surface area contributed by atoms with E-state index in [2.05, 4.69) is 0 Å². The molecule has 28 heavy (non-hydrogen) atoms. The summed E-state index contributed by atoms with van der Waals surface area (Å²) in [6.07, 6.45) is 0. The van der Waals surface area contributed by atoms with E-state index < -0.39 is 44.8 Å². The summed E-state index contributed by atoms with van der Waals surface area (Å²) in [4.78, 5) is 71.8. The molecule has 0 saturated heterocycles. The van der Waals surface area contributed by atoms with Gasteiger partial charge >= 0.3 is 37.7 Å². The van der Waals surface area contributed by atoms with E-state index in [9.17, 15) is 39.0 Å². The van der Waals surface area contributed by atoms with Gasteiger partial charge in [-0.2, -0.15) is 0 Å². The van der Waals surface area contributed by atoms with Gasteiger partial charge in [0.2, 0.25) is 21.7 Å². The average Bonchev–Trinajstić information content (AvgIpc) is 2.61. The van der Waals surface area contributed by atoms with Crippen molar-refractivity contribution < 1.29 is 57.5 Å². The number of rotatable bonds is 2. The first-order chi connectivity index (χ1) is 12.2. The van der Waals surface area contributed by atoms with E-state index in [1.54, 1.807) is 0 Å². The Hall–Kier alpha value is -2.75. The Morgan fingerprint density at radius 2 is 0.750 bits per heavy atom. The molecular formula is C18H4Li2O8. The first-order valence-corrected chi connectivity index (χ1v) is 7.19. The molecule has 0 unspecified atom stereocenters. The van der Waals surface area contributed by atoms with Gasteiger partial charge in [0.15, 0.2) is 0 Å².